The first-order valence-electron chi connectivity index (χ1n) is 8.06. The number of rotatable bonds is 8. The molecule has 0 atom stereocenters. The van der Waals surface area contributed by atoms with E-state index in [0.717, 1.165) is 30.0 Å². The molecule has 0 amide bonds. The zero-order chi connectivity index (χ0) is 17.5. The fourth-order valence-electron chi connectivity index (χ4n) is 2.08. The van der Waals surface area contributed by atoms with E-state index in [1.165, 1.54) is 0 Å². The van der Waals surface area contributed by atoms with Crippen LogP contribution in [0.15, 0.2) is 23.3 Å². The van der Waals surface area contributed by atoms with Crippen molar-refractivity contribution in [2.45, 2.75) is 33.6 Å². The van der Waals surface area contributed by atoms with Gasteiger partial charge in [0.05, 0.1) is 19.9 Å². The molecule has 0 radical (unpaired) electrons. The Morgan fingerprint density at radius 2 is 2.17 bits per heavy atom. The molecule has 1 aromatic carbocycles. The van der Waals surface area contributed by atoms with E-state index in [1.807, 2.05) is 25.1 Å². The summed E-state index contributed by atoms with van der Waals surface area (Å²) >= 11 is 5.18. The van der Waals surface area contributed by atoms with Crippen LogP contribution in [0.25, 0.3) is 0 Å². The normalized spacial score (nSPS) is 11.4. The molecule has 24 heavy (non-hydrogen) atoms. The van der Waals surface area contributed by atoms with Crippen LogP contribution in [0.3, 0.4) is 0 Å². The molecule has 6 nitrogen and oxygen atoms in total. The molecule has 0 aliphatic carbocycles. The molecule has 0 aliphatic heterocycles. The molecule has 130 valence electrons. The van der Waals surface area contributed by atoms with Crippen molar-refractivity contribution in [1.82, 2.24) is 14.9 Å². The molecule has 0 saturated heterocycles. The monoisotopic (exact) mass is 348 g/mol. The van der Waals surface area contributed by atoms with Gasteiger partial charge in [0.1, 0.15) is 0 Å². The summed E-state index contributed by atoms with van der Waals surface area (Å²) in [6.45, 7) is 7.02. The van der Waals surface area contributed by atoms with Gasteiger partial charge >= 0.3 is 0 Å². The highest BCUT2D eigenvalue weighted by molar-refractivity contribution is 7.71. The van der Waals surface area contributed by atoms with Crippen LogP contribution >= 0.6 is 12.2 Å². The predicted octanol–water partition coefficient (Wildman–Crippen LogP) is 3.82. The maximum Gasteiger partial charge on any atom is 0.216 e. The lowest BCUT2D eigenvalue weighted by Crippen LogP contribution is -2.03. The molecular weight excluding hydrogens is 324 g/mol. The second-order valence-corrected chi connectivity index (χ2v) is 6.18. The van der Waals surface area contributed by atoms with Gasteiger partial charge in [0.25, 0.3) is 0 Å². The van der Waals surface area contributed by atoms with Gasteiger partial charge in [0.2, 0.25) is 4.77 Å². The zero-order valence-electron chi connectivity index (χ0n) is 14.6. The van der Waals surface area contributed by atoms with Crippen molar-refractivity contribution in [2.24, 2.45) is 11.0 Å². The summed E-state index contributed by atoms with van der Waals surface area (Å²) in [5.74, 6) is 2.82. The molecule has 0 bridgehead atoms. The topological polar surface area (TPSA) is 64.4 Å². The Morgan fingerprint density at radius 1 is 1.38 bits per heavy atom. The number of methoxy groups -OCH3 is 1. The summed E-state index contributed by atoms with van der Waals surface area (Å²) in [5.41, 5.74) is 0.896. The van der Waals surface area contributed by atoms with E-state index in [4.69, 9.17) is 21.7 Å². The minimum Gasteiger partial charge on any atom is -0.493 e. The standard InChI is InChI=1S/C17H24N4O2S/c1-5-16-19-20-17(24)21(16)18-11-13-6-7-14(15(10-13)22-4)23-9-8-12(2)3/h6-7,10-12H,5,8-9H2,1-4H3,(H,20,24). The predicted molar refractivity (Wildman–Crippen MR) is 97.7 cm³/mol. The Balaban J connectivity index is 2.15. The van der Waals surface area contributed by atoms with Crippen molar-refractivity contribution in [2.75, 3.05) is 13.7 Å². The molecule has 0 fully saturated rings. The van der Waals surface area contributed by atoms with Crippen molar-refractivity contribution in [1.29, 1.82) is 0 Å². The van der Waals surface area contributed by atoms with E-state index in [-0.39, 0.29) is 0 Å². The number of aryl methyl sites for hydroxylation is 1. The molecule has 1 N–H and O–H groups in total. The Kier molecular flexibility index (Phi) is 6.54. The highest BCUT2D eigenvalue weighted by atomic mass is 32.1. The SMILES string of the molecule is CCc1n[nH]c(=S)n1N=Cc1ccc(OCCC(C)C)c(OC)c1. The number of hydrogen-bond acceptors (Lipinski definition) is 5. The summed E-state index contributed by atoms with van der Waals surface area (Å²) in [6, 6.07) is 5.73. The van der Waals surface area contributed by atoms with E-state index >= 15 is 0 Å². The fraction of sp³-hybridized carbons (Fsp3) is 0.471. The van der Waals surface area contributed by atoms with Crippen molar-refractivity contribution in [3.05, 3.63) is 34.4 Å². The van der Waals surface area contributed by atoms with Crippen molar-refractivity contribution in [3.63, 3.8) is 0 Å². The number of ether oxygens (including phenoxy) is 2. The van der Waals surface area contributed by atoms with Crippen LogP contribution in [0.5, 0.6) is 11.5 Å². The lowest BCUT2D eigenvalue weighted by Gasteiger charge is -2.12. The van der Waals surface area contributed by atoms with Gasteiger partial charge in [-0.05, 0) is 48.3 Å². The first-order valence-corrected chi connectivity index (χ1v) is 8.47. The van der Waals surface area contributed by atoms with E-state index in [1.54, 1.807) is 18.0 Å². The van der Waals surface area contributed by atoms with Crippen LogP contribution in [0.4, 0.5) is 0 Å². The third-order valence-corrected chi connectivity index (χ3v) is 3.76. The largest absolute Gasteiger partial charge is 0.493 e. The number of H-pyrrole nitrogens is 1. The van der Waals surface area contributed by atoms with E-state index in [2.05, 4.69) is 29.1 Å². The molecule has 2 rings (SSSR count). The smallest absolute Gasteiger partial charge is 0.216 e. The maximum absolute atomic E-state index is 5.79. The molecule has 0 spiro atoms. The van der Waals surface area contributed by atoms with Gasteiger partial charge in [-0.2, -0.15) is 14.9 Å². The zero-order valence-corrected chi connectivity index (χ0v) is 15.4. The molecule has 1 aromatic heterocycles. The maximum atomic E-state index is 5.79. The molecule has 0 unspecified atom stereocenters. The summed E-state index contributed by atoms with van der Waals surface area (Å²) in [5, 5.41) is 11.3. The molecule has 0 aliphatic rings. The van der Waals surface area contributed by atoms with Gasteiger partial charge in [-0.25, -0.2) is 0 Å². The van der Waals surface area contributed by atoms with Gasteiger partial charge in [-0.1, -0.05) is 20.8 Å². The molecular formula is C17H24N4O2S. The Hall–Kier alpha value is -2.15. The molecule has 0 saturated carbocycles. The lowest BCUT2D eigenvalue weighted by molar-refractivity contribution is 0.273. The van der Waals surface area contributed by atoms with E-state index in [0.29, 0.717) is 23.0 Å². The summed E-state index contributed by atoms with van der Waals surface area (Å²) in [4.78, 5) is 0. The number of nitrogens with one attached hydrogen (secondary N) is 1. The average Bonchev–Trinajstić information content (AvgIpc) is 2.93. The Morgan fingerprint density at radius 3 is 2.83 bits per heavy atom. The number of aromatic nitrogens is 3. The van der Waals surface area contributed by atoms with Crippen LogP contribution in [0.1, 0.15) is 38.6 Å². The van der Waals surface area contributed by atoms with Crippen LogP contribution < -0.4 is 9.47 Å². The highest BCUT2D eigenvalue weighted by Crippen LogP contribution is 2.28. The quantitative estimate of drug-likeness (QED) is 0.582. The van der Waals surface area contributed by atoms with E-state index < -0.39 is 0 Å². The summed E-state index contributed by atoms with van der Waals surface area (Å²) in [7, 11) is 1.63. The van der Waals surface area contributed by atoms with Gasteiger partial charge in [-0.15, -0.1) is 0 Å². The van der Waals surface area contributed by atoms with Crippen LogP contribution in [0, 0.1) is 10.7 Å². The van der Waals surface area contributed by atoms with Crippen molar-refractivity contribution < 1.29 is 9.47 Å². The number of hydrogen-bond donors (Lipinski definition) is 1. The molecule has 2 aromatic rings. The third-order valence-electron chi connectivity index (χ3n) is 3.50. The Labute approximate surface area is 147 Å². The first-order chi connectivity index (χ1) is 11.5. The molecule has 1 heterocycles. The van der Waals surface area contributed by atoms with Gasteiger partial charge in [0.15, 0.2) is 17.3 Å². The van der Waals surface area contributed by atoms with Crippen molar-refractivity contribution in [3.8, 4) is 11.5 Å². The third kappa shape index (κ3) is 4.67. The number of benzene rings is 1. The molecule has 7 heteroatoms. The summed E-state index contributed by atoms with van der Waals surface area (Å²) < 4.78 is 13.3. The van der Waals surface area contributed by atoms with Crippen LogP contribution in [-0.2, 0) is 6.42 Å². The number of nitrogens with zero attached hydrogens (tertiary/aromatic N) is 3. The van der Waals surface area contributed by atoms with Gasteiger partial charge < -0.3 is 9.47 Å². The van der Waals surface area contributed by atoms with Gasteiger partial charge in [0, 0.05) is 6.42 Å². The van der Waals surface area contributed by atoms with Crippen LogP contribution in [0.2, 0.25) is 0 Å². The average molecular weight is 348 g/mol. The van der Waals surface area contributed by atoms with Gasteiger partial charge in [-0.3, -0.25) is 5.10 Å². The second-order valence-electron chi connectivity index (χ2n) is 5.80. The highest BCUT2D eigenvalue weighted by Gasteiger charge is 2.06. The van der Waals surface area contributed by atoms with Crippen molar-refractivity contribution >= 4 is 18.4 Å². The lowest BCUT2D eigenvalue weighted by atomic mass is 10.1. The first kappa shape index (κ1) is 18.2. The van der Waals surface area contributed by atoms with Crippen LogP contribution in [-0.4, -0.2) is 34.8 Å². The summed E-state index contributed by atoms with van der Waals surface area (Å²) in [6.07, 6.45) is 3.48. The fourth-order valence-corrected chi connectivity index (χ4v) is 2.28. The number of aromatic amines is 1. The van der Waals surface area contributed by atoms with E-state index in [9.17, 15) is 0 Å². The minimum absolute atomic E-state index is 0.476. The minimum atomic E-state index is 0.476. The second kappa shape index (κ2) is 8.63. The Bertz CT molecular complexity index is 749.